The van der Waals surface area contributed by atoms with Crippen molar-refractivity contribution in [2.45, 2.75) is 281 Å². The number of unbranched alkanes of at least 4 members (excludes halogenated alkanes) is 28. The molecule has 6 aromatic carbocycles. The van der Waals surface area contributed by atoms with Crippen LogP contribution in [0.3, 0.4) is 0 Å². The maximum Gasteiger partial charge on any atom is 0.338 e. The quantitative estimate of drug-likeness (QED) is 0.0167. The van der Waals surface area contributed by atoms with Gasteiger partial charge < -0.3 is 19.3 Å². The number of hydrogen-bond acceptors (Lipinski definition) is 17. The average Bonchev–Trinajstić information content (AvgIpc) is 1.39. The maximum absolute atomic E-state index is 13.1. The molecule has 14 aromatic rings. The Morgan fingerprint density at radius 1 is 0.333 bits per heavy atom. The van der Waals surface area contributed by atoms with Crippen LogP contribution in [0.4, 0.5) is 0 Å². The molecule has 0 aliphatic rings. The number of aryl methyl sites for hydroxylation is 6. The second kappa shape index (κ2) is 51.9. The maximum atomic E-state index is 13.1. The predicted octanol–water partition coefficient (Wildman–Crippen LogP) is 35.5. The summed E-state index contributed by atoms with van der Waals surface area (Å²) >= 11 is 10.5. The fourth-order valence-corrected chi connectivity index (χ4v) is 23.3. The third-order valence-electron chi connectivity index (χ3n) is 24.8. The van der Waals surface area contributed by atoms with E-state index in [0.717, 1.165) is 177 Å². The molecule has 0 amide bonds. The molecule has 0 bridgehead atoms. The first-order chi connectivity index (χ1) is 64.7. The number of esters is 1. The molecule has 0 atom stereocenters. The molecule has 8 heterocycles. The van der Waals surface area contributed by atoms with E-state index in [4.69, 9.17) is 34.1 Å². The van der Waals surface area contributed by atoms with Gasteiger partial charge in [-0.15, -0.1) is 68.0 Å². The number of aliphatic hydroxyl groups is 1. The first kappa shape index (κ1) is 99.3. The van der Waals surface area contributed by atoms with Crippen LogP contribution in [0, 0.1) is 51.1 Å². The summed E-state index contributed by atoms with van der Waals surface area (Å²) in [6.07, 6.45) is 44.4. The molecule has 0 unspecified atom stereocenters. The third kappa shape index (κ3) is 27.3. The number of fused-ring (bicyclic) bond motifs is 2. The predicted molar refractivity (Wildman–Crippen MR) is 563 cm³/mol. The molecule has 14 rings (SSSR count). The normalized spacial score (nSPS) is 11.3. The number of ether oxygens (including phenoxy) is 3. The monoisotopic (exact) mass is 1870 g/mol. The zero-order valence-corrected chi connectivity index (χ0v) is 84.0. The molecule has 0 fully saturated rings. The number of nitriles is 1. The van der Waals surface area contributed by atoms with Crippen molar-refractivity contribution in [1.82, 2.24) is 19.9 Å². The van der Waals surface area contributed by atoms with Crippen molar-refractivity contribution in [1.29, 1.82) is 5.26 Å². The Morgan fingerprint density at radius 2 is 0.674 bits per heavy atom. The molecule has 0 saturated carbocycles. The smallest absolute Gasteiger partial charge is 0.338 e. The standard InChI is InChI=1S/C69H77N3O2S4.C46H54N2O4S2/c1-5-7-9-11-13-15-17-19-21-23-45-73-55-32-28-51(29-33-55)66-67(52-30-34-56(35-31-52)74-46-24-22-20-18-16-14-12-10-8-6-2)72-69-58(37-36-57(68(69)71-66)60-40-43-63(77-60)62-38-26-50(4)75-62)61-41-44-65(78-61)64-42-39-59(76-64)53-27-25-49(3)54(47-53)48-70;1-6-9-11-13-15-17-19-38-39(20-18-16-14-12-10-7-2)48-45-34(23-22-33(44(45)47-38)41-24-21-32(5)53-41)42-25-26-43(54-42)37-30-35(46(51)52-8-3)31(4)29-36(37)40(50)27-28-49/h25-44,47H,5-24,45-46H2,1-4H3;21-26,29-30,49H,6-20H2,1-5H3. The highest BCUT2D eigenvalue weighted by molar-refractivity contribution is 7.25. The van der Waals surface area contributed by atoms with Crippen LogP contribution in [0.2, 0.25) is 0 Å². The second-order valence-electron chi connectivity index (χ2n) is 35.0. The number of aliphatic hydroxyl groups excluding tert-OH is 1. The molecule has 0 saturated heterocycles. The molecule has 11 nitrogen and oxygen atoms in total. The summed E-state index contributed by atoms with van der Waals surface area (Å²) in [5.41, 5.74) is 18.3. The Bertz CT molecular complexity index is 6180. The van der Waals surface area contributed by atoms with Crippen LogP contribution in [-0.2, 0) is 17.6 Å². The van der Waals surface area contributed by atoms with Crippen molar-refractivity contribution >= 4 is 102 Å². The van der Waals surface area contributed by atoms with E-state index >= 15 is 0 Å². The number of aromatic nitrogens is 4. The molecule has 0 radical (unpaired) electrons. The minimum atomic E-state index is -0.523. The number of carbonyl (C=O) groups is 2. The van der Waals surface area contributed by atoms with Gasteiger partial charge in [0.15, 0.2) is 0 Å². The summed E-state index contributed by atoms with van der Waals surface area (Å²) in [5.74, 6) is 3.05. The Morgan fingerprint density at radius 3 is 1.08 bits per heavy atom. The third-order valence-corrected chi connectivity index (χ3v) is 31.7. The highest BCUT2D eigenvalue weighted by atomic mass is 32.1. The Kier molecular flexibility index (Phi) is 39.0. The summed E-state index contributed by atoms with van der Waals surface area (Å²) in [4.78, 5) is 62.4. The minimum absolute atomic E-state index is 0.240. The lowest BCUT2D eigenvalue weighted by molar-refractivity contribution is 0.0525. The van der Waals surface area contributed by atoms with Crippen molar-refractivity contribution in [3.05, 3.63) is 225 Å². The molecular weight excluding hydrogens is 1740 g/mol. The Hall–Kier alpha value is -10.2. The van der Waals surface area contributed by atoms with Gasteiger partial charge in [0.1, 0.15) is 17.6 Å². The highest BCUT2D eigenvalue weighted by Gasteiger charge is 2.26. The van der Waals surface area contributed by atoms with Crippen LogP contribution < -0.4 is 9.47 Å². The SMILES string of the molecule is CCCCCCCCCCCCOc1ccc(-c2nc3c(-c4ccc(-c5ccc(C)s5)s4)ccc(-c4ccc(-c5ccc(-c6ccc(C)c(C#N)c6)s5)s4)c3nc2-c2ccc(OCCCCCCCCCCCC)cc2)cc1.CCCCCCCCc1nc2c(-c3ccc(C)s3)ccc(-c3ccc(-c4cc(C(=O)OCC)c(C)cc4C(=O)C#CO)s3)c2nc1CCCCCCCC. The van der Waals surface area contributed by atoms with E-state index in [-0.39, 0.29) is 6.61 Å². The zero-order chi connectivity index (χ0) is 92.3. The van der Waals surface area contributed by atoms with Gasteiger partial charge in [-0.05, 0) is 229 Å². The van der Waals surface area contributed by atoms with Crippen LogP contribution in [0.15, 0.2) is 176 Å². The van der Waals surface area contributed by atoms with Crippen LogP contribution >= 0.6 is 68.0 Å². The molecule has 17 heteroatoms. The van der Waals surface area contributed by atoms with Gasteiger partial charge in [-0.3, -0.25) is 4.79 Å². The number of nitrogens with zero attached hydrogens (tertiary/aromatic N) is 5. The summed E-state index contributed by atoms with van der Waals surface area (Å²) < 4.78 is 18.0. The number of rotatable bonds is 51. The molecule has 132 heavy (non-hydrogen) atoms. The lowest BCUT2D eigenvalue weighted by Crippen LogP contribution is -2.09. The highest BCUT2D eigenvalue weighted by Crippen LogP contribution is 2.49. The average molecular weight is 1870 g/mol. The topological polar surface area (TPSA) is 157 Å². The second-order valence-corrected chi connectivity index (χ2v) is 41.9. The number of ketones is 1. The van der Waals surface area contributed by atoms with Gasteiger partial charge in [-0.1, -0.05) is 244 Å². The zero-order valence-electron chi connectivity index (χ0n) is 79.1. The molecule has 1 N–H and O–H groups in total. The van der Waals surface area contributed by atoms with E-state index in [2.05, 4.69) is 199 Å². The number of benzene rings is 6. The van der Waals surface area contributed by atoms with Crippen LogP contribution in [0.1, 0.15) is 299 Å². The largest absolute Gasteiger partial charge is 0.494 e. The van der Waals surface area contributed by atoms with Gasteiger partial charge in [-0.2, -0.15) is 5.26 Å². The van der Waals surface area contributed by atoms with Crippen molar-refractivity contribution in [3.8, 4) is 134 Å². The van der Waals surface area contributed by atoms with E-state index in [9.17, 15) is 20.0 Å². The van der Waals surface area contributed by atoms with E-state index < -0.39 is 11.8 Å². The van der Waals surface area contributed by atoms with Gasteiger partial charge in [0, 0.05) is 109 Å². The van der Waals surface area contributed by atoms with Crippen LogP contribution in [0.5, 0.6) is 11.5 Å². The lowest BCUT2D eigenvalue weighted by Gasteiger charge is -2.15. The van der Waals surface area contributed by atoms with Gasteiger partial charge in [0.25, 0.3) is 0 Å². The number of hydrogen-bond donors (Lipinski definition) is 1. The van der Waals surface area contributed by atoms with Gasteiger partial charge in [0.2, 0.25) is 5.78 Å². The van der Waals surface area contributed by atoms with Gasteiger partial charge in [0.05, 0.1) is 81.9 Å². The Labute approximate surface area is 809 Å². The van der Waals surface area contributed by atoms with Crippen molar-refractivity contribution < 1.29 is 28.9 Å². The molecule has 0 aliphatic carbocycles. The fraction of sp³-hybridized carbons (Fsp3) is 0.400. The van der Waals surface area contributed by atoms with Gasteiger partial charge >= 0.3 is 5.97 Å². The van der Waals surface area contributed by atoms with E-state index in [1.54, 1.807) is 66.1 Å². The molecule has 688 valence electrons. The summed E-state index contributed by atoms with van der Waals surface area (Å²) in [7, 11) is 0. The number of Topliss-reactive ketones (excluding diaryl/α,β-unsaturated/α-hetero) is 1. The summed E-state index contributed by atoms with van der Waals surface area (Å²) in [5, 5.41) is 19.0. The number of thiophene rings is 6. The molecule has 0 spiro atoms. The van der Waals surface area contributed by atoms with Crippen LogP contribution in [-0.4, -0.2) is 56.6 Å². The van der Waals surface area contributed by atoms with Crippen molar-refractivity contribution in [3.63, 3.8) is 0 Å². The molecule has 0 aliphatic heterocycles. The fourth-order valence-electron chi connectivity index (χ4n) is 17.2. The van der Waals surface area contributed by atoms with Crippen molar-refractivity contribution in [2.24, 2.45) is 0 Å². The van der Waals surface area contributed by atoms with Crippen molar-refractivity contribution in [2.75, 3.05) is 19.8 Å². The molecule has 8 aromatic heterocycles. The van der Waals surface area contributed by atoms with E-state index in [0.29, 0.717) is 27.8 Å². The Balaban J connectivity index is 0.000000240. The lowest BCUT2D eigenvalue weighted by atomic mass is 9.95. The number of carbonyl (C=O) groups excluding carboxylic acids is 2. The minimum Gasteiger partial charge on any atom is -0.494 e. The van der Waals surface area contributed by atoms with E-state index in [1.807, 2.05) is 47.8 Å². The van der Waals surface area contributed by atoms with Crippen LogP contribution in [0.25, 0.3) is 127 Å². The first-order valence-corrected chi connectivity index (χ1v) is 53.8. The first-order valence-electron chi connectivity index (χ1n) is 48.9. The summed E-state index contributed by atoms with van der Waals surface area (Å²) in [6, 6.07) is 63.9. The molecular formula is C115H131N5O6S6. The van der Waals surface area contributed by atoms with Gasteiger partial charge in [-0.25, -0.2) is 24.7 Å². The summed E-state index contributed by atoms with van der Waals surface area (Å²) in [6.45, 7) is 20.6. The van der Waals surface area contributed by atoms with E-state index in [1.165, 1.54) is 225 Å².